The number of thioether (sulfide) groups is 1. The van der Waals surface area contributed by atoms with Gasteiger partial charge in [0.15, 0.2) is 0 Å². The second kappa shape index (κ2) is 5.81. The zero-order valence-corrected chi connectivity index (χ0v) is 12.0. The van der Waals surface area contributed by atoms with E-state index in [1.54, 1.807) is 17.6 Å². The van der Waals surface area contributed by atoms with E-state index < -0.39 is 11.3 Å². The molecule has 0 N–H and O–H groups in total. The standard InChI is InChI=1S/C12H11ClF4N2S/c1-7-4-10-9(5-8(7)14)18-11(6-13)19(10)2-3-20-12(15,16)17/h4-5H,2-3,6H2,1H3. The molecule has 2 rings (SSSR count). The summed E-state index contributed by atoms with van der Waals surface area (Å²) in [5.41, 5.74) is -2.84. The first-order chi connectivity index (χ1) is 9.31. The monoisotopic (exact) mass is 326 g/mol. The molecule has 0 radical (unpaired) electrons. The molecule has 20 heavy (non-hydrogen) atoms. The van der Waals surface area contributed by atoms with E-state index in [9.17, 15) is 17.6 Å². The van der Waals surface area contributed by atoms with E-state index >= 15 is 0 Å². The van der Waals surface area contributed by atoms with Crippen LogP contribution in [0.3, 0.4) is 0 Å². The van der Waals surface area contributed by atoms with Crippen LogP contribution in [-0.2, 0) is 12.4 Å². The lowest BCUT2D eigenvalue weighted by Gasteiger charge is -2.09. The van der Waals surface area contributed by atoms with Crippen molar-refractivity contribution in [3.8, 4) is 0 Å². The average Bonchev–Trinajstić information content (AvgIpc) is 2.66. The summed E-state index contributed by atoms with van der Waals surface area (Å²) in [5.74, 6) is -0.0382. The summed E-state index contributed by atoms with van der Waals surface area (Å²) < 4.78 is 51.6. The molecule has 0 aliphatic carbocycles. The molecule has 0 saturated carbocycles. The van der Waals surface area contributed by atoms with Crippen LogP contribution < -0.4 is 0 Å². The molecule has 0 aliphatic rings. The smallest absolute Gasteiger partial charge is 0.326 e. The molecule has 0 spiro atoms. The molecule has 0 aliphatic heterocycles. The number of aryl methyl sites for hydroxylation is 2. The Hall–Kier alpha value is -0.950. The molecule has 0 saturated heterocycles. The Morgan fingerprint density at radius 1 is 1.35 bits per heavy atom. The van der Waals surface area contributed by atoms with E-state index in [4.69, 9.17) is 11.6 Å². The number of halogens is 5. The minimum Gasteiger partial charge on any atom is -0.326 e. The lowest BCUT2D eigenvalue weighted by molar-refractivity contribution is -0.0328. The number of nitrogens with zero attached hydrogens (tertiary/aromatic N) is 2. The fraction of sp³-hybridized carbons (Fsp3) is 0.417. The van der Waals surface area contributed by atoms with Gasteiger partial charge in [-0.15, -0.1) is 11.6 Å². The number of imidazole rings is 1. The van der Waals surface area contributed by atoms with Crippen LogP contribution >= 0.6 is 23.4 Å². The van der Waals surface area contributed by atoms with Crippen LogP contribution in [0.4, 0.5) is 17.6 Å². The number of aromatic nitrogens is 2. The van der Waals surface area contributed by atoms with Crippen molar-refractivity contribution in [2.24, 2.45) is 0 Å². The third kappa shape index (κ3) is 3.38. The Balaban J connectivity index is 2.33. The predicted molar refractivity (Wildman–Crippen MR) is 72.5 cm³/mol. The summed E-state index contributed by atoms with van der Waals surface area (Å²) in [7, 11) is 0. The lowest BCUT2D eigenvalue weighted by atomic mass is 10.2. The molecule has 110 valence electrons. The first-order valence-electron chi connectivity index (χ1n) is 5.73. The summed E-state index contributed by atoms with van der Waals surface area (Å²) in [4.78, 5) is 4.15. The predicted octanol–water partition coefficient (Wildman–Crippen LogP) is 4.48. The Labute approximate surface area is 122 Å². The van der Waals surface area contributed by atoms with Gasteiger partial charge in [0, 0.05) is 18.4 Å². The van der Waals surface area contributed by atoms with E-state index in [1.165, 1.54) is 6.07 Å². The number of rotatable bonds is 4. The summed E-state index contributed by atoms with van der Waals surface area (Å²) in [6.07, 6.45) is 0. The quantitative estimate of drug-likeness (QED) is 0.609. The van der Waals surface area contributed by atoms with Gasteiger partial charge in [0.05, 0.1) is 16.9 Å². The molecule has 0 fully saturated rings. The lowest BCUT2D eigenvalue weighted by Crippen LogP contribution is -2.09. The largest absolute Gasteiger partial charge is 0.441 e. The number of alkyl halides is 4. The normalized spacial score (nSPS) is 12.3. The van der Waals surface area contributed by atoms with Crippen LogP contribution in [0.25, 0.3) is 11.0 Å². The second-order valence-corrected chi connectivity index (χ2v) is 5.62. The van der Waals surface area contributed by atoms with Gasteiger partial charge in [0.1, 0.15) is 11.6 Å². The molecule has 0 atom stereocenters. The molecule has 0 unspecified atom stereocenters. The number of hydrogen-bond acceptors (Lipinski definition) is 2. The summed E-state index contributed by atoms with van der Waals surface area (Å²) in [6, 6.07) is 2.85. The van der Waals surface area contributed by atoms with Crippen LogP contribution in [0.1, 0.15) is 11.4 Å². The zero-order valence-electron chi connectivity index (χ0n) is 10.5. The van der Waals surface area contributed by atoms with Crippen molar-refractivity contribution in [3.63, 3.8) is 0 Å². The maximum Gasteiger partial charge on any atom is 0.441 e. The van der Waals surface area contributed by atoms with Crippen molar-refractivity contribution >= 4 is 34.4 Å². The highest BCUT2D eigenvalue weighted by atomic mass is 35.5. The zero-order chi connectivity index (χ0) is 14.9. The van der Waals surface area contributed by atoms with Crippen molar-refractivity contribution in [2.75, 3.05) is 5.75 Å². The highest BCUT2D eigenvalue weighted by Crippen LogP contribution is 2.31. The minimum atomic E-state index is -4.26. The summed E-state index contributed by atoms with van der Waals surface area (Å²) in [5, 5.41) is 0. The maximum atomic E-state index is 13.5. The van der Waals surface area contributed by atoms with E-state index in [1.807, 2.05) is 0 Å². The first kappa shape index (κ1) is 15.4. The Morgan fingerprint density at radius 3 is 2.65 bits per heavy atom. The molecular weight excluding hydrogens is 316 g/mol. The van der Waals surface area contributed by atoms with Crippen molar-refractivity contribution in [1.82, 2.24) is 9.55 Å². The van der Waals surface area contributed by atoms with Crippen molar-refractivity contribution in [2.45, 2.75) is 24.9 Å². The van der Waals surface area contributed by atoms with Gasteiger partial charge in [-0.25, -0.2) is 9.37 Å². The van der Waals surface area contributed by atoms with Gasteiger partial charge in [-0.2, -0.15) is 13.2 Å². The maximum absolute atomic E-state index is 13.5. The van der Waals surface area contributed by atoms with E-state index in [0.717, 1.165) is 0 Å². The Bertz CT molecular complexity index is 624. The molecule has 1 aromatic carbocycles. The molecule has 2 aromatic rings. The second-order valence-electron chi connectivity index (χ2n) is 4.20. The molecule has 0 amide bonds. The summed E-state index contributed by atoms with van der Waals surface area (Å²) in [6.45, 7) is 1.71. The molecule has 2 nitrogen and oxygen atoms in total. The molecule has 1 heterocycles. The Kier molecular flexibility index (Phi) is 4.49. The minimum absolute atomic E-state index is 0.0615. The van der Waals surface area contributed by atoms with Crippen LogP contribution in [-0.4, -0.2) is 20.8 Å². The SMILES string of the molecule is Cc1cc2c(cc1F)nc(CCl)n2CCSC(F)(F)F. The van der Waals surface area contributed by atoms with Gasteiger partial charge < -0.3 is 4.57 Å². The first-order valence-corrected chi connectivity index (χ1v) is 7.26. The van der Waals surface area contributed by atoms with Crippen LogP contribution in [0.2, 0.25) is 0 Å². The van der Waals surface area contributed by atoms with Gasteiger partial charge in [-0.05, 0) is 30.3 Å². The fourth-order valence-corrected chi connectivity index (χ4v) is 2.61. The van der Waals surface area contributed by atoms with E-state index in [2.05, 4.69) is 4.98 Å². The number of benzene rings is 1. The summed E-state index contributed by atoms with van der Waals surface area (Å²) >= 11 is 5.65. The van der Waals surface area contributed by atoms with Crippen LogP contribution in [0.5, 0.6) is 0 Å². The highest BCUT2D eigenvalue weighted by molar-refractivity contribution is 8.00. The van der Waals surface area contributed by atoms with E-state index in [-0.39, 0.29) is 29.9 Å². The van der Waals surface area contributed by atoms with Crippen molar-refractivity contribution in [1.29, 1.82) is 0 Å². The number of hydrogen-bond donors (Lipinski definition) is 0. The molecular formula is C12H11ClF4N2S. The van der Waals surface area contributed by atoms with Crippen molar-refractivity contribution in [3.05, 3.63) is 29.3 Å². The molecule has 0 bridgehead atoms. The van der Waals surface area contributed by atoms with Gasteiger partial charge in [-0.3, -0.25) is 0 Å². The molecule has 1 aromatic heterocycles. The van der Waals surface area contributed by atoms with Gasteiger partial charge >= 0.3 is 5.51 Å². The van der Waals surface area contributed by atoms with Crippen LogP contribution in [0, 0.1) is 12.7 Å². The van der Waals surface area contributed by atoms with Gasteiger partial charge in [0.2, 0.25) is 0 Å². The topological polar surface area (TPSA) is 17.8 Å². The van der Waals surface area contributed by atoms with E-state index in [0.29, 0.717) is 22.4 Å². The highest BCUT2D eigenvalue weighted by Gasteiger charge is 2.27. The average molecular weight is 327 g/mol. The number of fused-ring (bicyclic) bond motifs is 1. The third-order valence-corrected chi connectivity index (χ3v) is 3.76. The van der Waals surface area contributed by atoms with Gasteiger partial charge in [0.25, 0.3) is 0 Å². The van der Waals surface area contributed by atoms with Crippen LogP contribution in [0.15, 0.2) is 12.1 Å². The Morgan fingerprint density at radius 2 is 2.05 bits per heavy atom. The third-order valence-electron chi connectivity index (χ3n) is 2.81. The fourth-order valence-electron chi connectivity index (χ4n) is 1.90. The molecule has 8 heteroatoms. The van der Waals surface area contributed by atoms with Crippen molar-refractivity contribution < 1.29 is 17.6 Å². The van der Waals surface area contributed by atoms with Gasteiger partial charge in [-0.1, -0.05) is 0 Å².